The van der Waals surface area contributed by atoms with E-state index in [0.29, 0.717) is 13.0 Å². The maximum Gasteiger partial charge on any atom is 0.317 e. The van der Waals surface area contributed by atoms with Crippen LogP contribution < -0.4 is 5.32 Å². The molecule has 3 aromatic rings. The number of aromatic nitrogens is 3. The number of imidazole rings is 1. The first kappa shape index (κ1) is 17.9. The van der Waals surface area contributed by atoms with Gasteiger partial charge in [-0.15, -0.1) is 0 Å². The fourth-order valence-corrected chi connectivity index (χ4v) is 2.92. The van der Waals surface area contributed by atoms with Crippen LogP contribution in [0.3, 0.4) is 0 Å². The lowest BCUT2D eigenvalue weighted by Gasteiger charge is -2.25. The maximum absolute atomic E-state index is 12.4. The molecule has 6 nitrogen and oxygen atoms in total. The number of hydrogen-bond acceptors (Lipinski definition) is 3. The van der Waals surface area contributed by atoms with Crippen LogP contribution in [-0.4, -0.2) is 39.5 Å². The third kappa shape index (κ3) is 3.69. The van der Waals surface area contributed by atoms with Gasteiger partial charge in [-0.1, -0.05) is 12.1 Å². The van der Waals surface area contributed by atoms with Crippen molar-refractivity contribution in [2.75, 3.05) is 13.6 Å². The van der Waals surface area contributed by atoms with Gasteiger partial charge in [-0.25, -0.2) is 9.78 Å². The number of aryl methyl sites for hydroxylation is 2. The summed E-state index contributed by atoms with van der Waals surface area (Å²) in [6.07, 6.45) is 4.17. The summed E-state index contributed by atoms with van der Waals surface area (Å²) >= 11 is 0. The van der Waals surface area contributed by atoms with Gasteiger partial charge in [-0.05, 0) is 49.6 Å². The Morgan fingerprint density at radius 2 is 2.12 bits per heavy atom. The first-order chi connectivity index (χ1) is 12.5. The summed E-state index contributed by atoms with van der Waals surface area (Å²) in [5.41, 5.74) is 5.48. The molecule has 1 atom stereocenters. The molecule has 0 saturated heterocycles. The van der Waals surface area contributed by atoms with Crippen molar-refractivity contribution in [3.63, 3.8) is 0 Å². The molecule has 0 radical (unpaired) electrons. The van der Waals surface area contributed by atoms with Gasteiger partial charge in [0.25, 0.3) is 0 Å². The van der Waals surface area contributed by atoms with Crippen LogP contribution in [-0.2, 0) is 6.42 Å². The van der Waals surface area contributed by atoms with Crippen LogP contribution in [0.4, 0.5) is 4.79 Å². The molecule has 1 aromatic carbocycles. The summed E-state index contributed by atoms with van der Waals surface area (Å²) in [6, 6.07) is 7.85. The maximum atomic E-state index is 12.4. The molecule has 2 heterocycles. The van der Waals surface area contributed by atoms with Crippen LogP contribution in [0.25, 0.3) is 11.0 Å². The van der Waals surface area contributed by atoms with Crippen molar-refractivity contribution < 1.29 is 4.79 Å². The number of pyridine rings is 1. The number of aromatic amines is 1. The average molecular weight is 351 g/mol. The molecule has 0 saturated carbocycles. The number of H-pyrrole nitrogens is 1. The van der Waals surface area contributed by atoms with Gasteiger partial charge >= 0.3 is 6.03 Å². The van der Waals surface area contributed by atoms with Gasteiger partial charge in [-0.2, -0.15) is 0 Å². The molecule has 0 aliphatic heterocycles. The van der Waals surface area contributed by atoms with Crippen LogP contribution in [0.5, 0.6) is 0 Å². The summed E-state index contributed by atoms with van der Waals surface area (Å²) in [7, 11) is 1.79. The van der Waals surface area contributed by atoms with E-state index in [1.165, 1.54) is 11.1 Å². The summed E-state index contributed by atoms with van der Waals surface area (Å²) < 4.78 is 0. The van der Waals surface area contributed by atoms with Gasteiger partial charge < -0.3 is 15.2 Å². The highest BCUT2D eigenvalue weighted by atomic mass is 16.2. The normalized spacial score (nSPS) is 12.2. The third-order valence-electron chi connectivity index (χ3n) is 4.93. The van der Waals surface area contributed by atoms with E-state index in [4.69, 9.17) is 0 Å². The Hall–Kier alpha value is -2.89. The minimum Gasteiger partial charge on any atom is -0.342 e. The number of benzene rings is 1. The second-order valence-electron chi connectivity index (χ2n) is 6.64. The van der Waals surface area contributed by atoms with Crippen molar-refractivity contribution in [2.24, 2.45) is 0 Å². The van der Waals surface area contributed by atoms with E-state index >= 15 is 0 Å². The highest BCUT2D eigenvalue weighted by Gasteiger charge is 2.17. The zero-order valence-corrected chi connectivity index (χ0v) is 15.7. The van der Waals surface area contributed by atoms with Crippen molar-refractivity contribution in [1.29, 1.82) is 0 Å². The number of rotatable bonds is 5. The van der Waals surface area contributed by atoms with E-state index in [1.54, 1.807) is 24.3 Å². The first-order valence-corrected chi connectivity index (χ1v) is 8.82. The Kier molecular flexibility index (Phi) is 5.21. The summed E-state index contributed by atoms with van der Waals surface area (Å²) in [5, 5.41) is 2.96. The Morgan fingerprint density at radius 3 is 2.85 bits per heavy atom. The minimum absolute atomic E-state index is 0.0412. The zero-order valence-electron chi connectivity index (χ0n) is 15.7. The van der Waals surface area contributed by atoms with Gasteiger partial charge in [0.2, 0.25) is 0 Å². The smallest absolute Gasteiger partial charge is 0.317 e. The third-order valence-corrected chi connectivity index (χ3v) is 4.93. The minimum atomic E-state index is -0.107. The molecule has 2 aromatic heterocycles. The quantitative estimate of drug-likeness (QED) is 0.738. The number of nitrogens with one attached hydrogen (secondary N) is 2. The second kappa shape index (κ2) is 7.56. The van der Waals surface area contributed by atoms with Crippen molar-refractivity contribution >= 4 is 17.1 Å². The van der Waals surface area contributed by atoms with Gasteiger partial charge in [-0.3, -0.25) is 4.98 Å². The van der Waals surface area contributed by atoms with Crippen molar-refractivity contribution in [2.45, 2.75) is 33.2 Å². The fraction of sp³-hybridized carbons (Fsp3) is 0.350. The monoisotopic (exact) mass is 351 g/mol. The molecule has 2 amide bonds. The molecule has 0 aliphatic rings. The van der Waals surface area contributed by atoms with Crippen molar-refractivity contribution in [3.05, 3.63) is 59.2 Å². The van der Waals surface area contributed by atoms with E-state index in [0.717, 1.165) is 22.4 Å². The molecule has 0 spiro atoms. The standard InChI is InChI=1S/C20H25N5O/c1-13-7-8-17-19(14(13)2)24-18(23-17)9-11-22-20(26)25(4)15(3)16-6-5-10-21-12-16/h5-8,10,12,15H,9,11H2,1-4H3,(H,22,26)(H,23,24)/t15-/m1/s1. The van der Waals surface area contributed by atoms with Gasteiger partial charge in [0, 0.05) is 32.4 Å². The molecule has 26 heavy (non-hydrogen) atoms. The van der Waals surface area contributed by atoms with Crippen molar-refractivity contribution in [1.82, 2.24) is 25.2 Å². The predicted octanol–water partition coefficient (Wildman–Crippen LogP) is 3.52. The largest absolute Gasteiger partial charge is 0.342 e. The lowest BCUT2D eigenvalue weighted by molar-refractivity contribution is 0.194. The van der Waals surface area contributed by atoms with Gasteiger partial charge in [0.05, 0.1) is 17.1 Å². The van der Waals surface area contributed by atoms with Gasteiger partial charge in [0.1, 0.15) is 5.82 Å². The molecular weight excluding hydrogens is 326 g/mol. The molecule has 3 rings (SSSR count). The van der Waals surface area contributed by atoms with Crippen LogP contribution in [0.15, 0.2) is 36.7 Å². The number of amides is 2. The number of urea groups is 1. The number of fused-ring (bicyclic) bond motifs is 1. The molecular formula is C20H25N5O. The SMILES string of the molecule is Cc1ccc2[nH]c(CCNC(=O)N(C)[C@H](C)c3cccnc3)nc2c1C. The van der Waals surface area contributed by atoms with E-state index < -0.39 is 0 Å². The van der Waals surface area contributed by atoms with Crippen LogP contribution in [0.2, 0.25) is 0 Å². The topological polar surface area (TPSA) is 73.9 Å². The molecule has 6 heteroatoms. The molecule has 136 valence electrons. The molecule has 0 fully saturated rings. The molecule has 0 unspecified atom stereocenters. The van der Waals surface area contributed by atoms with E-state index in [2.05, 4.69) is 46.2 Å². The first-order valence-electron chi connectivity index (χ1n) is 8.82. The lowest BCUT2D eigenvalue weighted by Crippen LogP contribution is -2.39. The molecule has 0 aliphatic carbocycles. The van der Waals surface area contributed by atoms with Crippen LogP contribution in [0, 0.1) is 13.8 Å². The van der Waals surface area contributed by atoms with Crippen LogP contribution >= 0.6 is 0 Å². The van der Waals surface area contributed by atoms with E-state index in [1.807, 2.05) is 19.1 Å². The van der Waals surface area contributed by atoms with Crippen molar-refractivity contribution in [3.8, 4) is 0 Å². The predicted molar refractivity (Wildman–Crippen MR) is 103 cm³/mol. The highest BCUT2D eigenvalue weighted by Crippen LogP contribution is 2.19. The van der Waals surface area contributed by atoms with Gasteiger partial charge in [0.15, 0.2) is 0 Å². The number of nitrogens with zero attached hydrogens (tertiary/aromatic N) is 3. The Labute approximate surface area is 153 Å². The van der Waals surface area contributed by atoms with E-state index in [-0.39, 0.29) is 12.1 Å². The lowest BCUT2D eigenvalue weighted by atomic mass is 10.1. The average Bonchev–Trinajstić information content (AvgIpc) is 3.08. The Bertz CT molecular complexity index is 903. The number of carbonyl (C=O) groups is 1. The highest BCUT2D eigenvalue weighted by molar-refractivity contribution is 5.80. The second-order valence-corrected chi connectivity index (χ2v) is 6.64. The summed E-state index contributed by atoms with van der Waals surface area (Å²) in [4.78, 5) is 26.2. The summed E-state index contributed by atoms with van der Waals surface area (Å²) in [6.45, 7) is 6.68. The fourth-order valence-electron chi connectivity index (χ4n) is 2.92. The number of carbonyl (C=O) groups excluding carboxylic acids is 1. The molecule has 0 bridgehead atoms. The zero-order chi connectivity index (χ0) is 18.7. The molecule has 2 N–H and O–H groups in total. The van der Waals surface area contributed by atoms with E-state index in [9.17, 15) is 4.79 Å². The van der Waals surface area contributed by atoms with Crippen LogP contribution in [0.1, 0.15) is 35.5 Å². The summed E-state index contributed by atoms with van der Waals surface area (Å²) in [5.74, 6) is 0.886. The number of hydrogen-bond donors (Lipinski definition) is 2. The Balaban J connectivity index is 1.57. The Morgan fingerprint density at radius 1 is 1.31 bits per heavy atom.